The lowest BCUT2D eigenvalue weighted by Gasteiger charge is -2.27. The summed E-state index contributed by atoms with van der Waals surface area (Å²) in [6, 6.07) is 0. The summed E-state index contributed by atoms with van der Waals surface area (Å²) >= 11 is 8.17. The highest BCUT2D eigenvalue weighted by Crippen LogP contribution is 2.40. The molecule has 0 amide bonds. The van der Waals surface area contributed by atoms with E-state index in [-0.39, 0.29) is 5.60 Å². The van der Waals surface area contributed by atoms with Crippen molar-refractivity contribution in [2.45, 2.75) is 38.2 Å². The molecule has 88 valence electrons. The van der Waals surface area contributed by atoms with Crippen molar-refractivity contribution in [3.05, 3.63) is 20.7 Å². The average Bonchev–Trinajstić information content (AvgIpc) is 2.72. The second-order valence-electron chi connectivity index (χ2n) is 3.97. The molecule has 0 atom stereocenters. The quantitative estimate of drug-likeness (QED) is 0.616. The molecule has 1 saturated carbocycles. The Morgan fingerprint density at radius 2 is 2.19 bits per heavy atom. The van der Waals surface area contributed by atoms with Crippen molar-refractivity contribution in [2.24, 2.45) is 0 Å². The van der Waals surface area contributed by atoms with Crippen LogP contribution in [-0.2, 0) is 10.3 Å². The molecule has 0 aromatic carbocycles. The molecule has 0 aliphatic heterocycles. The molecule has 0 saturated heterocycles. The van der Waals surface area contributed by atoms with Crippen molar-refractivity contribution in [1.82, 2.24) is 9.97 Å². The second-order valence-corrected chi connectivity index (χ2v) is 5.49. The van der Waals surface area contributed by atoms with Gasteiger partial charge in [0.05, 0.1) is 3.57 Å². The van der Waals surface area contributed by atoms with Gasteiger partial charge < -0.3 is 4.74 Å². The van der Waals surface area contributed by atoms with E-state index in [9.17, 15) is 0 Å². The number of halogens is 2. The van der Waals surface area contributed by atoms with Gasteiger partial charge in [0.1, 0.15) is 10.8 Å². The maximum absolute atomic E-state index is 6.04. The van der Waals surface area contributed by atoms with E-state index >= 15 is 0 Å². The van der Waals surface area contributed by atoms with Crippen LogP contribution in [0, 0.1) is 3.57 Å². The van der Waals surface area contributed by atoms with Crippen LogP contribution in [0.15, 0.2) is 6.20 Å². The highest BCUT2D eigenvalue weighted by atomic mass is 127. The first-order chi connectivity index (χ1) is 7.68. The van der Waals surface area contributed by atoms with Gasteiger partial charge in [-0.15, -0.1) is 0 Å². The summed E-state index contributed by atoms with van der Waals surface area (Å²) < 4.78 is 6.77. The van der Waals surface area contributed by atoms with Crippen LogP contribution in [0.5, 0.6) is 0 Å². The molecular formula is C11H14ClIN2O. The minimum Gasteiger partial charge on any atom is -0.367 e. The molecule has 0 bridgehead atoms. The highest BCUT2D eigenvalue weighted by molar-refractivity contribution is 14.1. The molecule has 0 unspecified atom stereocenters. The van der Waals surface area contributed by atoms with Crippen molar-refractivity contribution in [2.75, 3.05) is 6.61 Å². The van der Waals surface area contributed by atoms with E-state index in [0.717, 1.165) is 22.2 Å². The van der Waals surface area contributed by atoms with Crippen LogP contribution in [-0.4, -0.2) is 16.6 Å². The fourth-order valence-corrected chi connectivity index (χ4v) is 2.61. The molecule has 3 nitrogen and oxygen atoms in total. The van der Waals surface area contributed by atoms with Crippen LogP contribution in [0.1, 0.15) is 38.4 Å². The second kappa shape index (κ2) is 5.14. The molecule has 1 aromatic heterocycles. The van der Waals surface area contributed by atoms with Crippen LogP contribution in [0.2, 0.25) is 5.15 Å². The standard InChI is InChI=1S/C11H14ClIN2O/c1-2-16-11(5-3-4-6-11)10-14-7-8(13)9(12)15-10/h7H,2-6H2,1H3. The Balaban J connectivity index is 2.35. The van der Waals surface area contributed by atoms with Gasteiger partial charge in [0.15, 0.2) is 5.82 Å². The van der Waals surface area contributed by atoms with Crippen LogP contribution in [0.4, 0.5) is 0 Å². The van der Waals surface area contributed by atoms with Crippen LogP contribution >= 0.6 is 34.2 Å². The first-order valence-electron chi connectivity index (χ1n) is 5.50. The van der Waals surface area contributed by atoms with Gasteiger partial charge >= 0.3 is 0 Å². The van der Waals surface area contributed by atoms with Gasteiger partial charge in [0.25, 0.3) is 0 Å². The number of aromatic nitrogens is 2. The first kappa shape index (κ1) is 12.5. The Morgan fingerprint density at radius 1 is 1.50 bits per heavy atom. The minimum absolute atomic E-state index is 0.289. The van der Waals surface area contributed by atoms with Crippen LogP contribution < -0.4 is 0 Å². The van der Waals surface area contributed by atoms with E-state index in [4.69, 9.17) is 16.3 Å². The van der Waals surface area contributed by atoms with Crippen LogP contribution in [0.3, 0.4) is 0 Å². The summed E-state index contributed by atoms with van der Waals surface area (Å²) in [5.74, 6) is 0.747. The summed E-state index contributed by atoms with van der Waals surface area (Å²) in [5.41, 5.74) is -0.289. The molecular weight excluding hydrogens is 338 g/mol. The molecule has 1 aromatic rings. The van der Waals surface area contributed by atoms with Gasteiger partial charge in [-0.3, -0.25) is 0 Å². The lowest BCUT2D eigenvalue weighted by molar-refractivity contribution is -0.0457. The SMILES string of the molecule is CCOC1(c2ncc(I)c(Cl)n2)CCCC1. The number of hydrogen-bond donors (Lipinski definition) is 0. The normalized spacial score (nSPS) is 18.9. The van der Waals surface area contributed by atoms with Gasteiger partial charge in [0, 0.05) is 12.8 Å². The summed E-state index contributed by atoms with van der Waals surface area (Å²) in [6.45, 7) is 2.70. The number of ether oxygens (including phenoxy) is 1. The number of nitrogens with zero attached hydrogens (tertiary/aromatic N) is 2. The molecule has 0 N–H and O–H groups in total. The largest absolute Gasteiger partial charge is 0.367 e. The molecule has 1 heterocycles. The number of rotatable bonds is 3. The summed E-state index contributed by atoms with van der Waals surface area (Å²) in [7, 11) is 0. The molecule has 0 radical (unpaired) electrons. The van der Waals surface area contributed by atoms with Crippen molar-refractivity contribution in [3.63, 3.8) is 0 Å². The molecule has 16 heavy (non-hydrogen) atoms. The maximum Gasteiger partial charge on any atom is 0.162 e. The van der Waals surface area contributed by atoms with Crippen molar-refractivity contribution >= 4 is 34.2 Å². The van der Waals surface area contributed by atoms with Gasteiger partial charge in [-0.2, -0.15) is 0 Å². The van der Waals surface area contributed by atoms with E-state index < -0.39 is 0 Å². The monoisotopic (exact) mass is 352 g/mol. The van der Waals surface area contributed by atoms with Gasteiger partial charge in [-0.25, -0.2) is 9.97 Å². The lowest BCUT2D eigenvalue weighted by atomic mass is 10.0. The topological polar surface area (TPSA) is 35.0 Å². The molecule has 1 aliphatic carbocycles. The Hall–Kier alpha value is 0.0600. The third-order valence-corrected chi connectivity index (χ3v) is 4.34. The lowest BCUT2D eigenvalue weighted by Crippen LogP contribution is -2.29. The molecule has 5 heteroatoms. The highest BCUT2D eigenvalue weighted by Gasteiger charge is 2.39. The van der Waals surface area contributed by atoms with E-state index in [1.54, 1.807) is 6.20 Å². The third kappa shape index (κ3) is 2.33. The fraction of sp³-hybridized carbons (Fsp3) is 0.636. The average molecular weight is 353 g/mol. The smallest absolute Gasteiger partial charge is 0.162 e. The Morgan fingerprint density at radius 3 is 2.75 bits per heavy atom. The number of hydrogen-bond acceptors (Lipinski definition) is 3. The maximum atomic E-state index is 6.04. The van der Waals surface area contributed by atoms with Gasteiger partial charge in [0.2, 0.25) is 0 Å². The van der Waals surface area contributed by atoms with Crippen molar-refractivity contribution in [1.29, 1.82) is 0 Å². The molecule has 1 aliphatic rings. The zero-order valence-corrected chi connectivity index (χ0v) is 12.1. The summed E-state index contributed by atoms with van der Waals surface area (Å²) in [6.07, 6.45) is 6.11. The van der Waals surface area contributed by atoms with Crippen LogP contribution in [0.25, 0.3) is 0 Å². The van der Waals surface area contributed by atoms with Gasteiger partial charge in [-0.05, 0) is 55.2 Å². The molecule has 2 rings (SSSR count). The third-order valence-electron chi connectivity index (χ3n) is 2.94. The van der Waals surface area contributed by atoms with Crippen molar-refractivity contribution < 1.29 is 4.74 Å². The predicted octanol–water partition coefficient (Wildman–Crippen LogP) is 3.54. The fourth-order valence-electron chi connectivity index (χ4n) is 2.22. The minimum atomic E-state index is -0.289. The summed E-state index contributed by atoms with van der Waals surface area (Å²) in [4.78, 5) is 8.75. The van der Waals surface area contributed by atoms with E-state index in [0.29, 0.717) is 11.8 Å². The predicted molar refractivity (Wildman–Crippen MR) is 71.5 cm³/mol. The Labute approximate surface area is 114 Å². The zero-order chi connectivity index (χ0) is 11.6. The van der Waals surface area contributed by atoms with E-state index in [1.807, 2.05) is 6.92 Å². The zero-order valence-electron chi connectivity index (χ0n) is 9.17. The summed E-state index contributed by atoms with van der Waals surface area (Å²) in [5, 5.41) is 0.525. The Kier molecular flexibility index (Phi) is 4.02. The van der Waals surface area contributed by atoms with Crippen molar-refractivity contribution in [3.8, 4) is 0 Å². The Bertz CT molecular complexity index is 380. The van der Waals surface area contributed by atoms with E-state index in [2.05, 4.69) is 32.6 Å². The molecule has 0 spiro atoms. The van der Waals surface area contributed by atoms with Gasteiger partial charge in [-0.1, -0.05) is 11.6 Å². The van der Waals surface area contributed by atoms with E-state index in [1.165, 1.54) is 12.8 Å². The molecule has 1 fully saturated rings. The first-order valence-corrected chi connectivity index (χ1v) is 6.96.